The Kier molecular flexibility index (Phi) is 4.91. The summed E-state index contributed by atoms with van der Waals surface area (Å²) in [6.45, 7) is 6.77. The SMILES string of the molecule is CCOC(=O)C(C)CNCc1noc(C)n1. The number of ether oxygens (including phenoxy) is 1. The fourth-order valence-electron chi connectivity index (χ4n) is 1.18. The highest BCUT2D eigenvalue weighted by molar-refractivity contribution is 5.72. The quantitative estimate of drug-likeness (QED) is 0.720. The van der Waals surface area contributed by atoms with E-state index in [1.807, 2.05) is 6.92 Å². The van der Waals surface area contributed by atoms with Crippen molar-refractivity contribution < 1.29 is 14.1 Å². The van der Waals surface area contributed by atoms with Gasteiger partial charge in [0.1, 0.15) is 0 Å². The Balaban J connectivity index is 2.22. The van der Waals surface area contributed by atoms with Crippen LogP contribution < -0.4 is 5.32 Å². The number of aryl methyl sites for hydroxylation is 1. The second kappa shape index (κ2) is 6.22. The Morgan fingerprint density at radius 2 is 2.38 bits per heavy atom. The van der Waals surface area contributed by atoms with Crippen molar-refractivity contribution in [2.75, 3.05) is 13.2 Å². The van der Waals surface area contributed by atoms with Gasteiger partial charge in [-0.2, -0.15) is 4.98 Å². The zero-order valence-corrected chi connectivity index (χ0v) is 9.82. The molecule has 0 aromatic carbocycles. The first-order chi connectivity index (χ1) is 7.63. The maximum absolute atomic E-state index is 11.3. The lowest BCUT2D eigenvalue weighted by Gasteiger charge is -2.10. The van der Waals surface area contributed by atoms with E-state index >= 15 is 0 Å². The molecule has 0 bridgehead atoms. The minimum Gasteiger partial charge on any atom is -0.466 e. The van der Waals surface area contributed by atoms with E-state index in [0.717, 1.165) is 0 Å². The van der Waals surface area contributed by atoms with Crippen molar-refractivity contribution >= 4 is 5.97 Å². The highest BCUT2D eigenvalue weighted by Gasteiger charge is 2.13. The molecule has 1 heterocycles. The average Bonchev–Trinajstić information content (AvgIpc) is 2.64. The number of carbonyl (C=O) groups is 1. The van der Waals surface area contributed by atoms with Gasteiger partial charge in [0.2, 0.25) is 5.89 Å². The maximum atomic E-state index is 11.3. The molecule has 0 amide bonds. The predicted molar refractivity (Wildman–Crippen MR) is 56.5 cm³/mol. The summed E-state index contributed by atoms with van der Waals surface area (Å²) in [5, 5.41) is 6.80. The fraction of sp³-hybridized carbons (Fsp3) is 0.700. The summed E-state index contributed by atoms with van der Waals surface area (Å²) in [5.74, 6) is 0.760. The second-order valence-corrected chi connectivity index (χ2v) is 3.51. The molecule has 1 unspecified atom stereocenters. The number of rotatable bonds is 6. The molecule has 0 fully saturated rings. The Bertz CT molecular complexity index is 338. The molecule has 0 saturated heterocycles. The van der Waals surface area contributed by atoms with Crippen molar-refractivity contribution in [3.8, 4) is 0 Å². The van der Waals surface area contributed by atoms with Crippen molar-refractivity contribution in [2.24, 2.45) is 5.92 Å². The molecule has 6 nitrogen and oxygen atoms in total. The molecular weight excluding hydrogens is 210 g/mol. The zero-order valence-electron chi connectivity index (χ0n) is 9.82. The van der Waals surface area contributed by atoms with Crippen LogP contribution in [-0.2, 0) is 16.1 Å². The first-order valence-electron chi connectivity index (χ1n) is 5.30. The van der Waals surface area contributed by atoms with Crippen LogP contribution in [0.15, 0.2) is 4.52 Å². The summed E-state index contributed by atoms with van der Waals surface area (Å²) in [7, 11) is 0. The average molecular weight is 227 g/mol. The van der Waals surface area contributed by atoms with E-state index in [4.69, 9.17) is 9.26 Å². The molecule has 1 rings (SSSR count). The first-order valence-corrected chi connectivity index (χ1v) is 5.30. The van der Waals surface area contributed by atoms with Crippen LogP contribution in [0.3, 0.4) is 0 Å². The van der Waals surface area contributed by atoms with Crippen molar-refractivity contribution in [3.05, 3.63) is 11.7 Å². The van der Waals surface area contributed by atoms with E-state index in [-0.39, 0.29) is 11.9 Å². The normalized spacial score (nSPS) is 12.4. The van der Waals surface area contributed by atoms with Gasteiger partial charge in [0.15, 0.2) is 5.82 Å². The number of esters is 1. The summed E-state index contributed by atoms with van der Waals surface area (Å²) in [6, 6.07) is 0. The van der Waals surface area contributed by atoms with Gasteiger partial charge < -0.3 is 14.6 Å². The van der Waals surface area contributed by atoms with Gasteiger partial charge in [0, 0.05) is 13.5 Å². The molecule has 1 aromatic rings. The van der Waals surface area contributed by atoms with Crippen LogP contribution in [0.1, 0.15) is 25.6 Å². The predicted octanol–water partition coefficient (Wildman–Crippen LogP) is 0.667. The number of nitrogens with one attached hydrogen (secondary N) is 1. The van der Waals surface area contributed by atoms with Gasteiger partial charge >= 0.3 is 5.97 Å². The molecule has 0 aliphatic carbocycles. The third-order valence-electron chi connectivity index (χ3n) is 1.99. The van der Waals surface area contributed by atoms with Crippen molar-refractivity contribution in [2.45, 2.75) is 27.3 Å². The monoisotopic (exact) mass is 227 g/mol. The van der Waals surface area contributed by atoms with Gasteiger partial charge in [-0.05, 0) is 6.92 Å². The lowest BCUT2D eigenvalue weighted by atomic mass is 10.2. The van der Waals surface area contributed by atoms with E-state index in [1.54, 1.807) is 13.8 Å². The van der Waals surface area contributed by atoms with Gasteiger partial charge in [-0.3, -0.25) is 4.79 Å². The van der Waals surface area contributed by atoms with E-state index in [1.165, 1.54) is 0 Å². The van der Waals surface area contributed by atoms with Gasteiger partial charge in [0.05, 0.1) is 19.1 Å². The number of hydrogen-bond acceptors (Lipinski definition) is 6. The van der Waals surface area contributed by atoms with Gasteiger partial charge in [-0.1, -0.05) is 12.1 Å². The molecule has 0 saturated carbocycles. The molecule has 0 aliphatic heterocycles. The van der Waals surface area contributed by atoms with Crippen LogP contribution in [0.2, 0.25) is 0 Å². The molecule has 0 radical (unpaired) electrons. The van der Waals surface area contributed by atoms with Crippen LogP contribution in [0.4, 0.5) is 0 Å². The summed E-state index contributed by atoms with van der Waals surface area (Å²) in [4.78, 5) is 15.3. The molecule has 1 N–H and O–H groups in total. The Labute approximate surface area is 94.4 Å². The summed E-state index contributed by atoms with van der Waals surface area (Å²) in [6.07, 6.45) is 0. The van der Waals surface area contributed by atoms with Crippen molar-refractivity contribution in [3.63, 3.8) is 0 Å². The van der Waals surface area contributed by atoms with Crippen molar-refractivity contribution in [1.29, 1.82) is 0 Å². The Morgan fingerprint density at radius 1 is 1.62 bits per heavy atom. The van der Waals surface area contributed by atoms with Crippen LogP contribution in [0.5, 0.6) is 0 Å². The molecule has 6 heteroatoms. The Morgan fingerprint density at radius 3 is 2.94 bits per heavy atom. The van der Waals surface area contributed by atoms with Crippen LogP contribution in [0, 0.1) is 12.8 Å². The van der Waals surface area contributed by atoms with Gasteiger partial charge in [-0.15, -0.1) is 0 Å². The van der Waals surface area contributed by atoms with Crippen LogP contribution >= 0.6 is 0 Å². The number of aromatic nitrogens is 2. The minimum atomic E-state index is -0.195. The largest absolute Gasteiger partial charge is 0.466 e. The van der Waals surface area contributed by atoms with Gasteiger partial charge in [-0.25, -0.2) is 0 Å². The molecular formula is C10H17N3O3. The maximum Gasteiger partial charge on any atom is 0.309 e. The highest BCUT2D eigenvalue weighted by Crippen LogP contribution is 1.98. The lowest BCUT2D eigenvalue weighted by molar-refractivity contribution is -0.147. The zero-order chi connectivity index (χ0) is 12.0. The molecule has 1 aromatic heterocycles. The first kappa shape index (κ1) is 12.6. The van der Waals surface area contributed by atoms with Gasteiger partial charge in [0.25, 0.3) is 0 Å². The topological polar surface area (TPSA) is 77.2 Å². The summed E-state index contributed by atoms with van der Waals surface area (Å²) in [5.41, 5.74) is 0. The van der Waals surface area contributed by atoms with E-state index in [2.05, 4.69) is 15.5 Å². The standard InChI is InChI=1S/C10H17N3O3/c1-4-15-10(14)7(2)5-11-6-9-12-8(3)16-13-9/h7,11H,4-6H2,1-3H3. The van der Waals surface area contributed by atoms with E-state index in [9.17, 15) is 4.79 Å². The minimum absolute atomic E-state index is 0.173. The third-order valence-corrected chi connectivity index (χ3v) is 1.99. The third kappa shape index (κ3) is 3.98. The Hall–Kier alpha value is -1.43. The smallest absolute Gasteiger partial charge is 0.309 e. The summed E-state index contributed by atoms with van der Waals surface area (Å²) >= 11 is 0. The highest BCUT2D eigenvalue weighted by atomic mass is 16.5. The van der Waals surface area contributed by atoms with E-state index in [0.29, 0.717) is 31.4 Å². The van der Waals surface area contributed by atoms with Crippen molar-refractivity contribution in [1.82, 2.24) is 15.5 Å². The molecule has 0 aliphatic rings. The summed E-state index contributed by atoms with van der Waals surface area (Å²) < 4.78 is 9.70. The molecule has 0 spiro atoms. The molecule has 1 atom stereocenters. The number of carbonyl (C=O) groups excluding carboxylic acids is 1. The fourth-order valence-corrected chi connectivity index (χ4v) is 1.18. The van der Waals surface area contributed by atoms with Crippen LogP contribution in [0.25, 0.3) is 0 Å². The van der Waals surface area contributed by atoms with E-state index < -0.39 is 0 Å². The second-order valence-electron chi connectivity index (χ2n) is 3.51. The molecule has 90 valence electrons. The lowest BCUT2D eigenvalue weighted by Crippen LogP contribution is -2.27. The molecule has 16 heavy (non-hydrogen) atoms. The number of nitrogens with zero attached hydrogens (tertiary/aromatic N) is 2. The number of hydrogen-bond donors (Lipinski definition) is 1. The van der Waals surface area contributed by atoms with Crippen LogP contribution in [-0.4, -0.2) is 29.3 Å².